The van der Waals surface area contributed by atoms with Gasteiger partial charge in [-0.25, -0.2) is 0 Å². The molecule has 17 heavy (non-hydrogen) atoms. The monoisotopic (exact) mass is 236 g/mol. The first-order valence-corrected chi connectivity index (χ1v) is 7.13. The summed E-state index contributed by atoms with van der Waals surface area (Å²) >= 11 is 0. The normalized spacial score (nSPS) is 10.5. The number of rotatable bonds is 10. The Morgan fingerprint density at radius 1 is 0.824 bits per heavy atom. The van der Waals surface area contributed by atoms with E-state index in [0.717, 1.165) is 32.1 Å². The lowest BCUT2D eigenvalue weighted by atomic mass is 10.2. The third-order valence-corrected chi connectivity index (χ3v) is 2.65. The highest BCUT2D eigenvalue weighted by molar-refractivity contribution is 4.99. The summed E-state index contributed by atoms with van der Waals surface area (Å²) in [5, 5.41) is 8.60. The first-order valence-electron chi connectivity index (χ1n) is 7.13. The van der Waals surface area contributed by atoms with E-state index in [1.807, 2.05) is 0 Å². The molecular weight excluding hydrogens is 208 g/mol. The lowest BCUT2D eigenvalue weighted by Gasteiger charge is -1.92. The van der Waals surface area contributed by atoms with E-state index in [4.69, 9.17) is 5.11 Å². The molecule has 0 aliphatic rings. The fourth-order valence-electron chi connectivity index (χ4n) is 1.54. The molecule has 0 saturated heterocycles. The molecule has 0 unspecified atom stereocenters. The van der Waals surface area contributed by atoms with Crippen LogP contribution in [0.25, 0.3) is 0 Å². The van der Waals surface area contributed by atoms with Crippen LogP contribution in [-0.2, 0) is 0 Å². The molecule has 1 heteroatoms. The first kappa shape index (κ1) is 16.3. The van der Waals surface area contributed by atoms with Crippen LogP contribution in [0.5, 0.6) is 0 Å². The minimum atomic E-state index is 0.317. The average Bonchev–Trinajstić information content (AvgIpc) is 2.35. The van der Waals surface area contributed by atoms with Crippen molar-refractivity contribution in [3.8, 4) is 11.8 Å². The largest absolute Gasteiger partial charge is 0.396 e. The van der Waals surface area contributed by atoms with Crippen molar-refractivity contribution in [2.24, 2.45) is 0 Å². The summed E-state index contributed by atoms with van der Waals surface area (Å²) in [7, 11) is 0. The van der Waals surface area contributed by atoms with Gasteiger partial charge in [-0.3, -0.25) is 0 Å². The predicted molar refractivity (Wildman–Crippen MR) is 75.8 cm³/mol. The summed E-state index contributed by atoms with van der Waals surface area (Å²) in [4.78, 5) is 0. The van der Waals surface area contributed by atoms with Crippen molar-refractivity contribution in [1.82, 2.24) is 0 Å². The average molecular weight is 236 g/mol. The maximum Gasteiger partial charge on any atom is 0.0431 e. The SMILES string of the molecule is CCCC/C=C\CCCC#CCCCCCO. The molecule has 1 nitrogen and oxygen atoms in total. The van der Waals surface area contributed by atoms with Gasteiger partial charge in [-0.15, -0.1) is 11.8 Å². The smallest absolute Gasteiger partial charge is 0.0431 e. The molecule has 0 heterocycles. The van der Waals surface area contributed by atoms with Gasteiger partial charge in [0.25, 0.3) is 0 Å². The van der Waals surface area contributed by atoms with Crippen LogP contribution in [0.3, 0.4) is 0 Å². The van der Waals surface area contributed by atoms with Crippen molar-refractivity contribution in [2.75, 3.05) is 6.61 Å². The Balaban J connectivity index is 3.16. The van der Waals surface area contributed by atoms with E-state index >= 15 is 0 Å². The van der Waals surface area contributed by atoms with E-state index in [9.17, 15) is 0 Å². The van der Waals surface area contributed by atoms with Crippen molar-refractivity contribution < 1.29 is 5.11 Å². The molecule has 0 rings (SSSR count). The highest BCUT2D eigenvalue weighted by Gasteiger charge is 1.85. The number of allylic oxidation sites excluding steroid dienone is 2. The standard InChI is InChI=1S/C16H28O/c1-2-3-4-5-6-7-8-9-10-11-12-13-14-15-16-17/h5-6,17H,2-4,7-9,12-16H2,1H3/b6-5-. The number of unbranched alkanes of at least 4 members (excludes halogenated alkanes) is 7. The second-order valence-corrected chi connectivity index (χ2v) is 4.39. The predicted octanol–water partition coefficient (Wildman–Crippen LogP) is 4.46. The Morgan fingerprint density at radius 3 is 2.12 bits per heavy atom. The third kappa shape index (κ3) is 15.3. The lowest BCUT2D eigenvalue weighted by molar-refractivity contribution is 0.283. The summed E-state index contributed by atoms with van der Waals surface area (Å²) in [6, 6.07) is 0. The Kier molecular flexibility index (Phi) is 14.6. The third-order valence-electron chi connectivity index (χ3n) is 2.65. The van der Waals surface area contributed by atoms with E-state index < -0.39 is 0 Å². The second kappa shape index (κ2) is 15.3. The van der Waals surface area contributed by atoms with Gasteiger partial charge in [0, 0.05) is 19.4 Å². The topological polar surface area (TPSA) is 20.2 Å². The maximum absolute atomic E-state index is 8.60. The van der Waals surface area contributed by atoms with E-state index in [0.29, 0.717) is 6.61 Å². The molecule has 0 aliphatic heterocycles. The number of hydrogen-bond acceptors (Lipinski definition) is 1. The van der Waals surface area contributed by atoms with Gasteiger partial charge in [-0.2, -0.15) is 0 Å². The van der Waals surface area contributed by atoms with Gasteiger partial charge < -0.3 is 5.11 Å². The molecule has 0 saturated carbocycles. The van der Waals surface area contributed by atoms with Crippen LogP contribution >= 0.6 is 0 Å². The molecule has 0 amide bonds. The van der Waals surface area contributed by atoms with Crippen molar-refractivity contribution in [3.05, 3.63) is 12.2 Å². The zero-order chi connectivity index (χ0) is 12.6. The fraction of sp³-hybridized carbons (Fsp3) is 0.750. The van der Waals surface area contributed by atoms with Gasteiger partial charge in [-0.1, -0.05) is 38.3 Å². The number of hydrogen-bond donors (Lipinski definition) is 1. The Labute approximate surface area is 107 Å². The Morgan fingerprint density at radius 2 is 1.47 bits per heavy atom. The summed E-state index contributed by atoms with van der Waals surface area (Å²) < 4.78 is 0. The van der Waals surface area contributed by atoms with Crippen molar-refractivity contribution in [1.29, 1.82) is 0 Å². The van der Waals surface area contributed by atoms with Gasteiger partial charge in [-0.05, 0) is 32.1 Å². The van der Waals surface area contributed by atoms with Gasteiger partial charge in [0.1, 0.15) is 0 Å². The zero-order valence-corrected chi connectivity index (χ0v) is 11.4. The highest BCUT2D eigenvalue weighted by atomic mass is 16.2. The molecule has 0 aromatic heterocycles. The summed E-state index contributed by atoms with van der Waals surface area (Å²) in [5.41, 5.74) is 0. The van der Waals surface area contributed by atoms with E-state index in [-0.39, 0.29) is 0 Å². The van der Waals surface area contributed by atoms with E-state index in [2.05, 4.69) is 30.9 Å². The Hall–Kier alpha value is -0.740. The summed E-state index contributed by atoms with van der Waals surface area (Å²) in [5.74, 6) is 6.42. The van der Waals surface area contributed by atoms with Crippen LogP contribution in [0.1, 0.15) is 71.1 Å². The van der Waals surface area contributed by atoms with Gasteiger partial charge in [0.05, 0.1) is 0 Å². The molecule has 0 radical (unpaired) electrons. The molecule has 0 aromatic rings. The molecule has 1 N–H and O–H groups in total. The maximum atomic E-state index is 8.60. The van der Waals surface area contributed by atoms with Gasteiger partial charge in [0.15, 0.2) is 0 Å². The van der Waals surface area contributed by atoms with Crippen LogP contribution in [0.15, 0.2) is 12.2 Å². The number of aliphatic hydroxyl groups is 1. The minimum absolute atomic E-state index is 0.317. The zero-order valence-electron chi connectivity index (χ0n) is 11.4. The molecule has 0 aromatic carbocycles. The number of aliphatic hydroxyl groups excluding tert-OH is 1. The van der Waals surface area contributed by atoms with Gasteiger partial charge >= 0.3 is 0 Å². The lowest BCUT2D eigenvalue weighted by Crippen LogP contribution is -1.81. The molecule has 98 valence electrons. The van der Waals surface area contributed by atoms with Crippen LogP contribution in [0.2, 0.25) is 0 Å². The highest BCUT2D eigenvalue weighted by Crippen LogP contribution is 2.01. The van der Waals surface area contributed by atoms with E-state index in [1.54, 1.807) is 0 Å². The van der Waals surface area contributed by atoms with E-state index in [1.165, 1.54) is 32.1 Å². The van der Waals surface area contributed by atoms with Crippen LogP contribution in [-0.4, -0.2) is 11.7 Å². The van der Waals surface area contributed by atoms with Crippen molar-refractivity contribution >= 4 is 0 Å². The van der Waals surface area contributed by atoms with Gasteiger partial charge in [0.2, 0.25) is 0 Å². The fourth-order valence-corrected chi connectivity index (χ4v) is 1.54. The first-order chi connectivity index (χ1) is 8.41. The molecule has 0 bridgehead atoms. The minimum Gasteiger partial charge on any atom is -0.396 e. The van der Waals surface area contributed by atoms with Crippen LogP contribution in [0, 0.1) is 11.8 Å². The molecular formula is C16H28O. The quantitative estimate of drug-likeness (QED) is 0.337. The van der Waals surface area contributed by atoms with Crippen LogP contribution in [0.4, 0.5) is 0 Å². The Bertz CT molecular complexity index is 219. The van der Waals surface area contributed by atoms with Crippen molar-refractivity contribution in [3.63, 3.8) is 0 Å². The second-order valence-electron chi connectivity index (χ2n) is 4.39. The summed E-state index contributed by atoms with van der Waals surface area (Å²) in [6.45, 7) is 2.54. The summed E-state index contributed by atoms with van der Waals surface area (Å²) in [6.07, 6.45) is 15.9. The molecule has 0 atom stereocenters. The molecule has 0 aliphatic carbocycles. The van der Waals surface area contributed by atoms with Crippen LogP contribution < -0.4 is 0 Å². The molecule has 0 spiro atoms. The molecule has 0 fully saturated rings. The van der Waals surface area contributed by atoms with Crippen molar-refractivity contribution in [2.45, 2.75) is 71.1 Å².